The van der Waals surface area contributed by atoms with Crippen molar-refractivity contribution < 1.29 is 22.8 Å². The molecular formula is C15H19F3N2O2. The van der Waals surface area contributed by atoms with E-state index in [4.69, 9.17) is 0 Å². The normalized spacial score (nSPS) is 11.9. The van der Waals surface area contributed by atoms with E-state index in [0.29, 0.717) is 0 Å². The summed E-state index contributed by atoms with van der Waals surface area (Å²) in [6.45, 7) is 5.75. The van der Waals surface area contributed by atoms with Crippen LogP contribution in [0.1, 0.15) is 36.7 Å². The molecule has 0 heterocycles. The maximum Gasteiger partial charge on any atom is 0.416 e. The molecule has 22 heavy (non-hydrogen) atoms. The largest absolute Gasteiger partial charge is 0.416 e. The second-order valence-corrected chi connectivity index (χ2v) is 5.84. The summed E-state index contributed by atoms with van der Waals surface area (Å²) in [6, 6.07) is 3.95. The maximum atomic E-state index is 12.4. The molecule has 0 aliphatic carbocycles. The topological polar surface area (TPSA) is 58.2 Å². The first kappa shape index (κ1) is 18.0. The first-order valence-electron chi connectivity index (χ1n) is 6.75. The van der Waals surface area contributed by atoms with E-state index < -0.39 is 23.1 Å². The van der Waals surface area contributed by atoms with Gasteiger partial charge >= 0.3 is 6.18 Å². The van der Waals surface area contributed by atoms with Crippen molar-refractivity contribution in [2.45, 2.75) is 26.9 Å². The van der Waals surface area contributed by atoms with E-state index in [-0.39, 0.29) is 24.6 Å². The summed E-state index contributed by atoms with van der Waals surface area (Å²) in [5.74, 6) is -0.630. The zero-order chi connectivity index (χ0) is 17.0. The van der Waals surface area contributed by atoms with E-state index in [1.807, 2.05) is 0 Å². The summed E-state index contributed by atoms with van der Waals surface area (Å²) in [4.78, 5) is 23.3. The lowest BCUT2D eigenvalue weighted by atomic mass is 9.96. The molecule has 0 aliphatic rings. The third-order valence-electron chi connectivity index (χ3n) is 2.85. The molecule has 7 heteroatoms. The van der Waals surface area contributed by atoms with Crippen molar-refractivity contribution in [1.29, 1.82) is 0 Å². The van der Waals surface area contributed by atoms with Crippen molar-refractivity contribution in [3.63, 3.8) is 0 Å². The number of carbonyl (C=O) groups excluding carboxylic acids is 2. The highest BCUT2D eigenvalue weighted by Gasteiger charge is 2.30. The zero-order valence-corrected chi connectivity index (χ0v) is 12.7. The molecule has 0 saturated carbocycles. The van der Waals surface area contributed by atoms with E-state index in [0.717, 1.165) is 24.3 Å². The first-order chi connectivity index (χ1) is 10.0. The van der Waals surface area contributed by atoms with Crippen molar-refractivity contribution in [3.8, 4) is 0 Å². The average Bonchev–Trinajstić information content (AvgIpc) is 2.41. The van der Waals surface area contributed by atoms with Gasteiger partial charge in [0, 0.05) is 24.1 Å². The van der Waals surface area contributed by atoms with E-state index in [1.165, 1.54) is 0 Å². The number of carbonyl (C=O) groups is 2. The molecule has 0 aliphatic heterocycles. The second-order valence-electron chi connectivity index (χ2n) is 5.84. The number of halogens is 3. The van der Waals surface area contributed by atoms with Gasteiger partial charge in [0.25, 0.3) is 5.91 Å². The standard InChI is InChI=1S/C15H19F3N2O2/c1-14(2,3)13(22)20-9-8-19-12(21)10-4-6-11(7-5-10)15(16,17)18/h4-7H,8-9H2,1-3H3,(H,19,21)(H,20,22). The predicted octanol–water partition coefficient (Wildman–Crippen LogP) is 2.60. The van der Waals surface area contributed by atoms with E-state index in [1.54, 1.807) is 20.8 Å². The molecule has 0 spiro atoms. The zero-order valence-electron chi connectivity index (χ0n) is 12.7. The number of benzene rings is 1. The molecule has 2 amide bonds. The molecule has 0 bridgehead atoms. The van der Waals surface area contributed by atoms with Crippen molar-refractivity contribution >= 4 is 11.8 Å². The van der Waals surface area contributed by atoms with E-state index >= 15 is 0 Å². The van der Waals surface area contributed by atoms with Gasteiger partial charge in [-0.15, -0.1) is 0 Å². The lowest BCUT2D eigenvalue weighted by Gasteiger charge is -2.17. The highest BCUT2D eigenvalue weighted by molar-refractivity contribution is 5.94. The van der Waals surface area contributed by atoms with Gasteiger partial charge in [-0.05, 0) is 24.3 Å². The van der Waals surface area contributed by atoms with Crippen LogP contribution in [0.2, 0.25) is 0 Å². The molecule has 0 aromatic heterocycles. The minimum absolute atomic E-state index is 0.134. The second kappa shape index (κ2) is 6.81. The molecule has 0 saturated heterocycles. The van der Waals surface area contributed by atoms with Crippen molar-refractivity contribution in [1.82, 2.24) is 10.6 Å². The SMILES string of the molecule is CC(C)(C)C(=O)NCCNC(=O)c1ccc(C(F)(F)F)cc1. The fourth-order valence-corrected chi connectivity index (χ4v) is 1.53. The van der Waals surface area contributed by atoms with Crippen LogP contribution in [-0.4, -0.2) is 24.9 Å². The summed E-state index contributed by atoms with van der Waals surface area (Å²) < 4.78 is 37.2. The van der Waals surface area contributed by atoms with Gasteiger partial charge in [0.2, 0.25) is 5.91 Å². The lowest BCUT2D eigenvalue weighted by Crippen LogP contribution is -2.39. The van der Waals surface area contributed by atoms with Gasteiger partial charge in [0.1, 0.15) is 0 Å². The van der Waals surface area contributed by atoms with Crippen LogP contribution in [0.3, 0.4) is 0 Å². The third-order valence-corrected chi connectivity index (χ3v) is 2.85. The smallest absolute Gasteiger partial charge is 0.354 e. The summed E-state index contributed by atoms with van der Waals surface area (Å²) in [5, 5.41) is 5.19. The van der Waals surface area contributed by atoms with Gasteiger partial charge in [-0.3, -0.25) is 9.59 Å². The van der Waals surface area contributed by atoms with Crippen molar-refractivity contribution in [3.05, 3.63) is 35.4 Å². The molecule has 122 valence electrons. The third kappa shape index (κ3) is 5.38. The Bertz CT molecular complexity index is 531. The molecule has 1 rings (SSSR count). The Balaban J connectivity index is 2.45. The molecule has 0 atom stereocenters. The summed E-state index contributed by atoms with van der Waals surface area (Å²) in [5.41, 5.74) is -1.19. The van der Waals surface area contributed by atoms with E-state index in [9.17, 15) is 22.8 Å². The first-order valence-corrected chi connectivity index (χ1v) is 6.75. The molecular weight excluding hydrogens is 297 g/mol. The minimum atomic E-state index is -4.42. The van der Waals surface area contributed by atoms with E-state index in [2.05, 4.69) is 10.6 Å². The molecule has 1 aromatic rings. The Kier molecular flexibility index (Phi) is 5.57. The van der Waals surface area contributed by atoms with Crippen molar-refractivity contribution in [2.24, 2.45) is 5.41 Å². The van der Waals surface area contributed by atoms with Crippen LogP contribution in [0.15, 0.2) is 24.3 Å². The number of alkyl halides is 3. The van der Waals surface area contributed by atoms with Gasteiger partial charge in [0.15, 0.2) is 0 Å². The Labute approximate surface area is 127 Å². The van der Waals surface area contributed by atoms with Crippen LogP contribution in [0.4, 0.5) is 13.2 Å². The molecule has 4 nitrogen and oxygen atoms in total. The van der Waals surface area contributed by atoms with Gasteiger partial charge in [-0.2, -0.15) is 13.2 Å². The van der Waals surface area contributed by atoms with Gasteiger partial charge in [-0.1, -0.05) is 20.8 Å². The molecule has 0 radical (unpaired) electrons. The monoisotopic (exact) mass is 316 g/mol. The number of rotatable bonds is 4. The minimum Gasteiger partial charge on any atom is -0.354 e. The number of hydrogen-bond acceptors (Lipinski definition) is 2. The highest BCUT2D eigenvalue weighted by Crippen LogP contribution is 2.29. The lowest BCUT2D eigenvalue weighted by molar-refractivity contribution is -0.137. The molecule has 0 fully saturated rings. The summed E-state index contributed by atoms with van der Waals surface area (Å²) >= 11 is 0. The average molecular weight is 316 g/mol. The highest BCUT2D eigenvalue weighted by atomic mass is 19.4. The Morgan fingerprint density at radius 1 is 0.955 bits per heavy atom. The molecule has 0 unspecified atom stereocenters. The molecule has 1 aromatic carbocycles. The fraction of sp³-hybridized carbons (Fsp3) is 0.467. The Hall–Kier alpha value is -2.05. The fourth-order valence-electron chi connectivity index (χ4n) is 1.53. The maximum absolute atomic E-state index is 12.4. The van der Waals surface area contributed by atoms with Gasteiger partial charge in [-0.25, -0.2) is 0 Å². The van der Waals surface area contributed by atoms with Crippen LogP contribution in [0.25, 0.3) is 0 Å². The van der Waals surface area contributed by atoms with Crippen LogP contribution in [0.5, 0.6) is 0 Å². The van der Waals surface area contributed by atoms with Gasteiger partial charge < -0.3 is 10.6 Å². The summed E-state index contributed by atoms with van der Waals surface area (Å²) in [7, 11) is 0. The van der Waals surface area contributed by atoms with Crippen molar-refractivity contribution in [2.75, 3.05) is 13.1 Å². The van der Waals surface area contributed by atoms with Gasteiger partial charge in [0.05, 0.1) is 5.56 Å². The number of hydrogen-bond donors (Lipinski definition) is 2. The summed E-state index contributed by atoms with van der Waals surface area (Å²) in [6.07, 6.45) is -4.42. The number of nitrogens with one attached hydrogen (secondary N) is 2. The predicted molar refractivity (Wildman–Crippen MR) is 76.2 cm³/mol. The number of amides is 2. The Morgan fingerprint density at radius 3 is 1.91 bits per heavy atom. The quantitative estimate of drug-likeness (QED) is 0.839. The van der Waals surface area contributed by atoms with Crippen LogP contribution in [0, 0.1) is 5.41 Å². The van der Waals surface area contributed by atoms with Crippen LogP contribution in [-0.2, 0) is 11.0 Å². The molecule has 2 N–H and O–H groups in total. The van der Waals surface area contributed by atoms with Crippen LogP contribution >= 0.6 is 0 Å². The van der Waals surface area contributed by atoms with Crippen LogP contribution < -0.4 is 10.6 Å². The Morgan fingerprint density at radius 2 is 1.45 bits per heavy atom.